The molecule has 1 fully saturated rings. The zero-order chi connectivity index (χ0) is 15.9. The number of hydrogen-bond acceptors (Lipinski definition) is 2. The van der Waals surface area contributed by atoms with Gasteiger partial charge in [-0.15, -0.1) is 6.58 Å². The molecule has 22 heavy (non-hydrogen) atoms. The summed E-state index contributed by atoms with van der Waals surface area (Å²) < 4.78 is 0. The fourth-order valence-corrected chi connectivity index (χ4v) is 2.79. The molecule has 2 rings (SSSR count). The number of carbonyl (C=O) groups is 2. The highest BCUT2D eigenvalue weighted by atomic mass is 35.5. The summed E-state index contributed by atoms with van der Waals surface area (Å²) in [7, 11) is 0. The summed E-state index contributed by atoms with van der Waals surface area (Å²) in [6.45, 7) is 4.83. The minimum absolute atomic E-state index is 0.0191. The van der Waals surface area contributed by atoms with E-state index in [0.717, 1.165) is 12.0 Å². The summed E-state index contributed by atoms with van der Waals surface area (Å²) in [5.41, 5.74) is 1.11. The van der Waals surface area contributed by atoms with Crippen molar-refractivity contribution in [3.8, 4) is 0 Å². The van der Waals surface area contributed by atoms with Gasteiger partial charge in [-0.05, 0) is 30.5 Å². The largest absolute Gasteiger partial charge is 0.351 e. The second kappa shape index (κ2) is 7.99. The number of hydrogen-bond donors (Lipinski definition) is 1. The molecule has 4 nitrogen and oxygen atoms in total. The van der Waals surface area contributed by atoms with Gasteiger partial charge in [0.25, 0.3) is 0 Å². The van der Waals surface area contributed by atoms with Gasteiger partial charge in [0, 0.05) is 31.0 Å². The molecule has 0 aromatic heterocycles. The van der Waals surface area contributed by atoms with Crippen LogP contribution < -0.4 is 5.32 Å². The SMILES string of the molecule is C=CCCC(=O)N[C@@H]1CC(=O)N(CCc2cccc(Cl)c2)C1. The maximum absolute atomic E-state index is 12.0. The van der Waals surface area contributed by atoms with Crippen LogP contribution in [0.4, 0.5) is 0 Å². The maximum atomic E-state index is 12.0. The van der Waals surface area contributed by atoms with Crippen LogP contribution in [-0.4, -0.2) is 35.8 Å². The molecule has 118 valence electrons. The zero-order valence-corrected chi connectivity index (χ0v) is 13.3. The quantitative estimate of drug-likeness (QED) is 0.785. The summed E-state index contributed by atoms with van der Waals surface area (Å²) in [6, 6.07) is 7.58. The highest BCUT2D eigenvalue weighted by molar-refractivity contribution is 6.30. The molecule has 1 aliphatic rings. The lowest BCUT2D eigenvalue weighted by atomic mass is 10.1. The van der Waals surface area contributed by atoms with Crippen molar-refractivity contribution in [1.29, 1.82) is 0 Å². The van der Waals surface area contributed by atoms with E-state index in [1.807, 2.05) is 24.3 Å². The Morgan fingerprint density at radius 1 is 1.50 bits per heavy atom. The van der Waals surface area contributed by atoms with Crippen molar-refractivity contribution in [2.75, 3.05) is 13.1 Å². The van der Waals surface area contributed by atoms with Crippen molar-refractivity contribution >= 4 is 23.4 Å². The van der Waals surface area contributed by atoms with Gasteiger partial charge in [0.1, 0.15) is 0 Å². The predicted molar refractivity (Wildman–Crippen MR) is 87.7 cm³/mol. The van der Waals surface area contributed by atoms with E-state index in [2.05, 4.69) is 11.9 Å². The van der Waals surface area contributed by atoms with Crippen LogP contribution in [0.3, 0.4) is 0 Å². The number of allylic oxidation sites excluding steroid dienone is 1. The van der Waals surface area contributed by atoms with Crippen molar-refractivity contribution < 1.29 is 9.59 Å². The van der Waals surface area contributed by atoms with Crippen molar-refractivity contribution in [2.45, 2.75) is 31.7 Å². The standard InChI is InChI=1S/C17H21ClN2O2/c1-2-3-7-16(21)19-15-11-17(22)20(12-15)9-8-13-5-4-6-14(18)10-13/h2,4-6,10,15H,1,3,7-9,11-12H2,(H,19,21)/t15-/m1/s1. The number of benzene rings is 1. The third kappa shape index (κ3) is 4.88. The Morgan fingerprint density at radius 3 is 3.05 bits per heavy atom. The number of nitrogens with zero attached hydrogens (tertiary/aromatic N) is 1. The molecular weight excluding hydrogens is 300 g/mol. The number of amides is 2. The fraction of sp³-hybridized carbons (Fsp3) is 0.412. The Hall–Kier alpha value is -1.81. The van der Waals surface area contributed by atoms with E-state index < -0.39 is 0 Å². The first kappa shape index (κ1) is 16.6. The summed E-state index contributed by atoms with van der Waals surface area (Å²) in [5.74, 6) is 0.0745. The summed E-state index contributed by atoms with van der Waals surface area (Å²) >= 11 is 5.96. The lowest BCUT2D eigenvalue weighted by Gasteiger charge is -2.17. The maximum Gasteiger partial charge on any atom is 0.224 e. The van der Waals surface area contributed by atoms with E-state index in [0.29, 0.717) is 37.4 Å². The van der Waals surface area contributed by atoms with Gasteiger partial charge in [-0.2, -0.15) is 0 Å². The van der Waals surface area contributed by atoms with Crippen LogP contribution in [0, 0.1) is 0 Å². The first-order chi connectivity index (χ1) is 10.6. The molecule has 1 aromatic rings. The second-order valence-electron chi connectivity index (χ2n) is 5.52. The number of rotatable bonds is 7. The average Bonchev–Trinajstić information content (AvgIpc) is 2.83. The van der Waals surface area contributed by atoms with E-state index in [1.54, 1.807) is 11.0 Å². The summed E-state index contributed by atoms with van der Waals surface area (Å²) in [4.78, 5) is 25.5. The minimum Gasteiger partial charge on any atom is -0.351 e. The van der Waals surface area contributed by atoms with Crippen LogP contribution >= 0.6 is 11.6 Å². The Bertz CT molecular complexity index is 559. The Balaban J connectivity index is 1.79. The topological polar surface area (TPSA) is 49.4 Å². The van der Waals surface area contributed by atoms with Gasteiger partial charge in [0.15, 0.2) is 0 Å². The first-order valence-corrected chi connectivity index (χ1v) is 7.88. The van der Waals surface area contributed by atoms with E-state index in [1.165, 1.54) is 0 Å². The molecule has 1 aliphatic heterocycles. The van der Waals surface area contributed by atoms with E-state index in [9.17, 15) is 9.59 Å². The molecule has 1 saturated heterocycles. The minimum atomic E-state index is -0.0795. The smallest absolute Gasteiger partial charge is 0.224 e. The van der Waals surface area contributed by atoms with Crippen LogP contribution in [0.5, 0.6) is 0 Å². The van der Waals surface area contributed by atoms with Gasteiger partial charge in [0.2, 0.25) is 11.8 Å². The van der Waals surface area contributed by atoms with Crippen molar-refractivity contribution in [1.82, 2.24) is 10.2 Å². The molecule has 0 saturated carbocycles. The monoisotopic (exact) mass is 320 g/mol. The third-order valence-corrected chi connectivity index (χ3v) is 3.95. The lowest BCUT2D eigenvalue weighted by Crippen LogP contribution is -2.37. The van der Waals surface area contributed by atoms with Gasteiger partial charge >= 0.3 is 0 Å². The molecule has 1 aromatic carbocycles. The van der Waals surface area contributed by atoms with Crippen LogP contribution in [0.2, 0.25) is 5.02 Å². The van der Waals surface area contributed by atoms with Crippen LogP contribution in [0.15, 0.2) is 36.9 Å². The summed E-state index contributed by atoms with van der Waals surface area (Å²) in [6.07, 6.45) is 3.96. The van der Waals surface area contributed by atoms with Crippen molar-refractivity contribution in [3.63, 3.8) is 0 Å². The molecule has 1 atom stereocenters. The molecule has 0 spiro atoms. The van der Waals surface area contributed by atoms with Gasteiger partial charge in [-0.1, -0.05) is 29.8 Å². The summed E-state index contributed by atoms with van der Waals surface area (Å²) in [5, 5.41) is 3.62. The molecule has 2 amide bonds. The third-order valence-electron chi connectivity index (χ3n) is 3.71. The van der Waals surface area contributed by atoms with Crippen LogP contribution in [0.25, 0.3) is 0 Å². The lowest BCUT2D eigenvalue weighted by molar-refractivity contribution is -0.127. The number of carbonyl (C=O) groups excluding carboxylic acids is 2. The van der Waals surface area contributed by atoms with Crippen LogP contribution in [0.1, 0.15) is 24.8 Å². The molecule has 5 heteroatoms. The highest BCUT2D eigenvalue weighted by Gasteiger charge is 2.29. The normalized spacial score (nSPS) is 17.6. The zero-order valence-electron chi connectivity index (χ0n) is 12.6. The molecule has 1 N–H and O–H groups in total. The van der Waals surface area contributed by atoms with Gasteiger partial charge < -0.3 is 10.2 Å². The van der Waals surface area contributed by atoms with Crippen LogP contribution in [-0.2, 0) is 16.0 Å². The Labute approximate surface area is 136 Å². The number of nitrogens with one attached hydrogen (secondary N) is 1. The van der Waals surface area contributed by atoms with E-state index in [-0.39, 0.29) is 17.9 Å². The average molecular weight is 321 g/mol. The molecule has 0 bridgehead atoms. The highest BCUT2D eigenvalue weighted by Crippen LogP contribution is 2.15. The predicted octanol–water partition coefficient (Wildman–Crippen LogP) is 2.57. The Morgan fingerprint density at radius 2 is 2.32 bits per heavy atom. The fourth-order valence-electron chi connectivity index (χ4n) is 2.57. The van der Waals surface area contributed by atoms with Crippen molar-refractivity contribution in [2.24, 2.45) is 0 Å². The molecule has 0 unspecified atom stereocenters. The van der Waals surface area contributed by atoms with E-state index >= 15 is 0 Å². The van der Waals surface area contributed by atoms with Gasteiger partial charge in [-0.25, -0.2) is 0 Å². The number of likely N-dealkylation sites (tertiary alicyclic amines) is 1. The molecule has 1 heterocycles. The first-order valence-electron chi connectivity index (χ1n) is 7.51. The molecule has 0 radical (unpaired) electrons. The van der Waals surface area contributed by atoms with Gasteiger partial charge in [-0.3, -0.25) is 9.59 Å². The van der Waals surface area contributed by atoms with Gasteiger partial charge in [0.05, 0.1) is 6.04 Å². The molecule has 0 aliphatic carbocycles. The van der Waals surface area contributed by atoms with E-state index in [4.69, 9.17) is 11.6 Å². The second-order valence-corrected chi connectivity index (χ2v) is 5.95. The number of halogens is 1. The van der Waals surface area contributed by atoms with Crippen molar-refractivity contribution in [3.05, 3.63) is 47.5 Å². The Kier molecular flexibility index (Phi) is 6.01. The molecular formula is C17H21ClN2O2.